The normalized spacial score (nSPS) is 10.9. The molecule has 0 atom stereocenters. The Balaban J connectivity index is 2.25. The summed E-state index contributed by atoms with van der Waals surface area (Å²) in [5.74, 6) is -0.535. The average Bonchev–Trinajstić information content (AvgIpc) is 2.72. The van der Waals surface area contributed by atoms with Gasteiger partial charge in [0.25, 0.3) is 0 Å². The standard InChI is InChI=1S/C15H17NO2S/c1-10(2)15-12(9-14(17)18)19-13(16-15)8-11-6-4-3-5-7-11/h3-7,10H,8-9H2,1-2H3,(H,17,18). The second kappa shape index (κ2) is 5.97. The van der Waals surface area contributed by atoms with E-state index in [4.69, 9.17) is 5.11 Å². The Labute approximate surface area is 116 Å². The topological polar surface area (TPSA) is 50.2 Å². The molecular weight excluding hydrogens is 258 g/mol. The van der Waals surface area contributed by atoms with E-state index in [9.17, 15) is 4.79 Å². The summed E-state index contributed by atoms with van der Waals surface area (Å²) in [6, 6.07) is 10.1. The number of thiazole rings is 1. The quantitative estimate of drug-likeness (QED) is 0.908. The van der Waals surface area contributed by atoms with Gasteiger partial charge in [0.2, 0.25) is 0 Å². The lowest BCUT2D eigenvalue weighted by Crippen LogP contribution is -2.02. The van der Waals surface area contributed by atoms with Crippen molar-refractivity contribution in [2.24, 2.45) is 0 Å². The molecule has 0 aliphatic heterocycles. The lowest BCUT2D eigenvalue weighted by molar-refractivity contribution is -0.136. The van der Waals surface area contributed by atoms with Gasteiger partial charge in [-0.25, -0.2) is 4.98 Å². The average molecular weight is 275 g/mol. The highest BCUT2D eigenvalue weighted by atomic mass is 32.1. The fraction of sp³-hybridized carbons (Fsp3) is 0.333. The van der Waals surface area contributed by atoms with Gasteiger partial charge in [0.05, 0.1) is 17.1 Å². The Morgan fingerprint density at radius 2 is 2.00 bits per heavy atom. The van der Waals surface area contributed by atoms with Crippen LogP contribution in [0.1, 0.15) is 40.9 Å². The second-order valence-electron chi connectivity index (χ2n) is 4.80. The van der Waals surface area contributed by atoms with Gasteiger partial charge in [0.1, 0.15) is 0 Å². The van der Waals surface area contributed by atoms with Gasteiger partial charge in [-0.15, -0.1) is 11.3 Å². The van der Waals surface area contributed by atoms with Crippen LogP contribution in [0.15, 0.2) is 30.3 Å². The van der Waals surface area contributed by atoms with E-state index in [1.807, 2.05) is 32.0 Å². The highest BCUT2D eigenvalue weighted by Crippen LogP contribution is 2.27. The fourth-order valence-corrected chi connectivity index (χ4v) is 3.22. The van der Waals surface area contributed by atoms with Crippen LogP contribution in [0.2, 0.25) is 0 Å². The van der Waals surface area contributed by atoms with Crippen LogP contribution in [-0.2, 0) is 17.6 Å². The van der Waals surface area contributed by atoms with Gasteiger partial charge in [-0.05, 0) is 11.5 Å². The summed E-state index contributed by atoms with van der Waals surface area (Å²) < 4.78 is 0. The zero-order valence-electron chi connectivity index (χ0n) is 11.1. The van der Waals surface area contributed by atoms with Gasteiger partial charge in [0, 0.05) is 11.3 Å². The molecule has 0 bridgehead atoms. The van der Waals surface area contributed by atoms with Crippen LogP contribution < -0.4 is 0 Å². The third kappa shape index (κ3) is 3.64. The molecule has 0 aliphatic rings. The number of aromatic nitrogens is 1. The minimum atomic E-state index is -0.795. The summed E-state index contributed by atoms with van der Waals surface area (Å²) in [6.07, 6.45) is 0.838. The third-order valence-corrected chi connectivity index (χ3v) is 3.90. The van der Waals surface area contributed by atoms with E-state index in [-0.39, 0.29) is 12.3 Å². The molecule has 19 heavy (non-hydrogen) atoms. The van der Waals surface area contributed by atoms with Crippen LogP contribution in [0.3, 0.4) is 0 Å². The molecule has 1 N–H and O–H groups in total. The first kappa shape index (κ1) is 13.7. The summed E-state index contributed by atoms with van der Waals surface area (Å²) in [7, 11) is 0. The zero-order chi connectivity index (χ0) is 13.8. The molecular formula is C15H17NO2S. The molecule has 1 aromatic heterocycles. The second-order valence-corrected chi connectivity index (χ2v) is 5.97. The van der Waals surface area contributed by atoms with Gasteiger partial charge in [-0.3, -0.25) is 4.79 Å². The first-order chi connectivity index (χ1) is 9.06. The summed E-state index contributed by atoms with van der Waals surface area (Å²) in [5.41, 5.74) is 2.13. The number of carboxylic acids is 1. The van der Waals surface area contributed by atoms with Gasteiger partial charge in [-0.1, -0.05) is 44.2 Å². The zero-order valence-corrected chi connectivity index (χ0v) is 11.9. The number of hydrogen-bond acceptors (Lipinski definition) is 3. The van der Waals surface area contributed by atoms with Gasteiger partial charge in [0.15, 0.2) is 0 Å². The molecule has 1 aromatic carbocycles. The smallest absolute Gasteiger partial charge is 0.308 e. The van der Waals surface area contributed by atoms with Crippen LogP contribution in [0.5, 0.6) is 0 Å². The van der Waals surface area contributed by atoms with E-state index in [0.717, 1.165) is 22.0 Å². The summed E-state index contributed by atoms with van der Waals surface area (Å²) in [5, 5.41) is 9.94. The van der Waals surface area contributed by atoms with Gasteiger partial charge < -0.3 is 5.11 Å². The molecule has 0 saturated carbocycles. The molecule has 100 valence electrons. The first-order valence-electron chi connectivity index (χ1n) is 6.30. The molecule has 0 aliphatic carbocycles. The van der Waals surface area contributed by atoms with Crippen LogP contribution in [0, 0.1) is 0 Å². The van der Waals surface area contributed by atoms with E-state index < -0.39 is 5.97 Å². The molecule has 0 unspecified atom stereocenters. The summed E-state index contributed by atoms with van der Waals surface area (Å²) >= 11 is 1.52. The molecule has 0 saturated heterocycles. The lowest BCUT2D eigenvalue weighted by atomic mass is 10.1. The van der Waals surface area contributed by atoms with Crippen LogP contribution in [0.25, 0.3) is 0 Å². The van der Waals surface area contributed by atoms with Gasteiger partial charge in [-0.2, -0.15) is 0 Å². The molecule has 0 spiro atoms. The predicted octanol–water partition coefficient (Wildman–Crippen LogP) is 3.48. The molecule has 3 nitrogen and oxygen atoms in total. The van der Waals surface area contributed by atoms with Crippen LogP contribution in [-0.4, -0.2) is 16.1 Å². The van der Waals surface area contributed by atoms with Crippen molar-refractivity contribution in [2.45, 2.75) is 32.6 Å². The minimum Gasteiger partial charge on any atom is -0.481 e. The van der Waals surface area contributed by atoms with Crippen molar-refractivity contribution in [1.82, 2.24) is 4.98 Å². The van der Waals surface area contributed by atoms with E-state index in [1.165, 1.54) is 16.9 Å². The number of nitrogens with zero attached hydrogens (tertiary/aromatic N) is 1. The maximum atomic E-state index is 10.9. The molecule has 0 radical (unpaired) electrons. The monoisotopic (exact) mass is 275 g/mol. The van der Waals surface area contributed by atoms with E-state index in [0.29, 0.717) is 0 Å². The molecule has 0 fully saturated rings. The Bertz CT molecular complexity index is 561. The Morgan fingerprint density at radius 1 is 1.32 bits per heavy atom. The maximum absolute atomic E-state index is 10.9. The van der Waals surface area contributed by atoms with Gasteiger partial charge >= 0.3 is 5.97 Å². The van der Waals surface area contributed by atoms with Crippen molar-refractivity contribution in [3.8, 4) is 0 Å². The number of rotatable bonds is 5. The predicted molar refractivity (Wildman–Crippen MR) is 76.8 cm³/mol. The highest BCUT2D eigenvalue weighted by molar-refractivity contribution is 7.11. The molecule has 0 amide bonds. The maximum Gasteiger partial charge on any atom is 0.308 e. The Morgan fingerprint density at radius 3 is 2.58 bits per heavy atom. The third-order valence-electron chi connectivity index (χ3n) is 2.83. The van der Waals surface area contributed by atoms with Crippen molar-refractivity contribution in [3.63, 3.8) is 0 Å². The number of aliphatic carboxylic acids is 1. The van der Waals surface area contributed by atoms with E-state index in [1.54, 1.807) is 0 Å². The van der Waals surface area contributed by atoms with Crippen molar-refractivity contribution in [2.75, 3.05) is 0 Å². The lowest BCUT2D eigenvalue weighted by Gasteiger charge is -2.02. The van der Waals surface area contributed by atoms with Crippen molar-refractivity contribution in [1.29, 1.82) is 0 Å². The van der Waals surface area contributed by atoms with Crippen LogP contribution in [0.4, 0.5) is 0 Å². The SMILES string of the molecule is CC(C)c1nc(Cc2ccccc2)sc1CC(=O)O. The first-order valence-corrected chi connectivity index (χ1v) is 7.12. The van der Waals surface area contributed by atoms with Crippen molar-refractivity contribution in [3.05, 3.63) is 51.5 Å². The number of benzene rings is 1. The summed E-state index contributed by atoms with van der Waals surface area (Å²) in [6.45, 7) is 4.10. The van der Waals surface area contributed by atoms with E-state index in [2.05, 4.69) is 17.1 Å². The van der Waals surface area contributed by atoms with E-state index >= 15 is 0 Å². The number of carbonyl (C=O) groups is 1. The van der Waals surface area contributed by atoms with Crippen LogP contribution >= 0.6 is 11.3 Å². The number of hydrogen-bond donors (Lipinski definition) is 1. The Hall–Kier alpha value is -1.68. The van der Waals surface area contributed by atoms with Crippen molar-refractivity contribution < 1.29 is 9.90 Å². The molecule has 1 heterocycles. The molecule has 4 heteroatoms. The largest absolute Gasteiger partial charge is 0.481 e. The molecule has 2 aromatic rings. The number of carboxylic acid groups (broad SMARTS) is 1. The fourth-order valence-electron chi connectivity index (χ4n) is 1.98. The summed E-state index contributed by atoms with van der Waals surface area (Å²) in [4.78, 5) is 16.4. The Kier molecular flexibility index (Phi) is 4.32. The molecule has 2 rings (SSSR count). The van der Waals surface area contributed by atoms with Crippen molar-refractivity contribution >= 4 is 17.3 Å². The minimum absolute atomic E-state index is 0.0694. The highest BCUT2D eigenvalue weighted by Gasteiger charge is 2.16.